The third-order valence-corrected chi connectivity index (χ3v) is 6.89. The molecular formula is C22H22N5NaO4S. The number of urea groups is 1. The molecule has 0 spiro atoms. The van der Waals surface area contributed by atoms with Crippen molar-refractivity contribution in [2.75, 3.05) is 12.4 Å². The van der Waals surface area contributed by atoms with Crippen molar-refractivity contribution in [3.05, 3.63) is 58.6 Å². The van der Waals surface area contributed by atoms with Gasteiger partial charge < -0.3 is 14.8 Å². The molecule has 0 atom stereocenters. The zero-order valence-corrected chi connectivity index (χ0v) is 21.3. The number of nitrogens with one attached hydrogen (secondary N) is 1. The third kappa shape index (κ3) is 4.93. The first kappa shape index (κ1) is 23.7. The van der Waals surface area contributed by atoms with Crippen molar-refractivity contribution in [3.8, 4) is 17.0 Å². The van der Waals surface area contributed by atoms with Gasteiger partial charge in [-0.2, -0.15) is 5.10 Å². The zero-order valence-electron chi connectivity index (χ0n) is 18.5. The molecule has 1 fully saturated rings. The number of hydrogen-bond acceptors (Lipinski definition) is 6. The van der Waals surface area contributed by atoms with Crippen LogP contribution in [0.3, 0.4) is 0 Å². The summed E-state index contributed by atoms with van der Waals surface area (Å²) < 4.78 is 35.6. The van der Waals surface area contributed by atoms with Crippen LogP contribution in [0.25, 0.3) is 15.8 Å². The van der Waals surface area contributed by atoms with Gasteiger partial charge in [0.25, 0.3) is 0 Å². The predicted octanol–water partition coefficient (Wildman–Crippen LogP) is 1.08. The minimum Gasteiger partial charge on any atom is -0.481 e. The zero-order chi connectivity index (χ0) is 22.3. The summed E-state index contributed by atoms with van der Waals surface area (Å²) in [6.07, 6.45) is 7.84. The number of benzene rings is 1. The quantitative estimate of drug-likeness (QED) is 0.533. The van der Waals surface area contributed by atoms with E-state index in [1.165, 1.54) is 13.2 Å². The van der Waals surface area contributed by atoms with E-state index >= 15 is 0 Å². The number of aromatic nitrogens is 3. The van der Waals surface area contributed by atoms with Crippen LogP contribution in [0.5, 0.6) is 5.88 Å². The fourth-order valence-electron chi connectivity index (χ4n) is 4.02. The summed E-state index contributed by atoms with van der Waals surface area (Å²) in [6.45, 7) is 0. The number of carbonyl (C=O) groups excluding carboxylic acids is 1. The van der Waals surface area contributed by atoms with Gasteiger partial charge >= 0.3 is 29.6 Å². The van der Waals surface area contributed by atoms with Gasteiger partial charge in [0.15, 0.2) is 11.1 Å². The van der Waals surface area contributed by atoms with E-state index in [1.54, 1.807) is 23.1 Å². The fourth-order valence-corrected chi connectivity index (χ4v) is 4.81. The van der Waals surface area contributed by atoms with E-state index in [1.807, 2.05) is 18.2 Å². The van der Waals surface area contributed by atoms with Gasteiger partial charge in [-0.25, -0.2) is 13.4 Å². The molecule has 0 unspecified atom stereocenters. The summed E-state index contributed by atoms with van der Waals surface area (Å²) in [5.74, 6) is 0.443. The van der Waals surface area contributed by atoms with Crippen molar-refractivity contribution in [3.63, 3.8) is 0 Å². The van der Waals surface area contributed by atoms with E-state index in [4.69, 9.17) is 4.74 Å². The molecule has 0 radical (unpaired) electrons. The van der Waals surface area contributed by atoms with Gasteiger partial charge in [-0.15, -0.1) is 0 Å². The van der Waals surface area contributed by atoms with Gasteiger partial charge in [-0.3, -0.25) is 9.48 Å². The molecule has 2 aliphatic carbocycles. The minimum atomic E-state index is -4.22. The van der Waals surface area contributed by atoms with Crippen LogP contribution in [0, 0.1) is 0 Å². The van der Waals surface area contributed by atoms with Crippen LogP contribution in [0.2, 0.25) is 0 Å². The number of fused-ring (bicyclic) bond motifs is 1. The second-order valence-corrected chi connectivity index (χ2v) is 9.48. The number of ether oxygens (including phenoxy) is 1. The molecule has 2 aromatic heterocycles. The molecular weight excluding hydrogens is 453 g/mol. The van der Waals surface area contributed by atoms with Crippen molar-refractivity contribution >= 4 is 21.7 Å². The standard InChI is InChI=1S/C22H23N5O4S.Na/c1-31-19-13-15(9-11-23-19)18-8-5-14-3-2-4-17(14)21(18)24-22(28)26-32(29,30)20-10-12-27(25-20)16-6-7-16;/h5,8-13,16H,2-4,6-7H2,1H3,(H2,23,24,26,28);/q;+1/p-1. The summed E-state index contributed by atoms with van der Waals surface area (Å²) in [4.78, 5) is 16.9. The Morgan fingerprint density at radius 1 is 1.21 bits per heavy atom. The number of methoxy groups -OCH3 is 1. The second kappa shape index (κ2) is 9.46. The van der Waals surface area contributed by atoms with Gasteiger partial charge in [-0.05, 0) is 72.2 Å². The Kier molecular flexibility index (Phi) is 6.81. The van der Waals surface area contributed by atoms with Crippen LogP contribution >= 0.6 is 0 Å². The maximum Gasteiger partial charge on any atom is 1.00 e. The van der Waals surface area contributed by atoms with Crippen LogP contribution in [-0.4, -0.2) is 36.3 Å². The van der Waals surface area contributed by atoms with Gasteiger partial charge in [0.1, 0.15) is 0 Å². The number of nitrogens with zero attached hydrogens (tertiary/aromatic N) is 4. The Morgan fingerprint density at radius 2 is 2.03 bits per heavy atom. The molecule has 33 heavy (non-hydrogen) atoms. The molecule has 5 rings (SSSR count). The molecule has 11 heteroatoms. The minimum absolute atomic E-state index is 0. The predicted molar refractivity (Wildman–Crippen MR) is 118 cm³/mol. The number of carbonyl (C=O) groups is 1. The van der Waals surface area contributed by atoms with E-state index < -0.39 is 16.1 Å². The molecule has 1 N–H and O–H groups in total. The Morgan fingerprint density at radius 3 is 2.79 bits per heavy atom. The largest absolute Gasteiger partial charge is 1.00 e. The first-order valence-corrected chi connectivity index (χ1v) is 11.9. The summed E-state index contributed by atoms with van der Waals surface area (Å²) in [5.41, 5.74) is 4.26. The van der Waals surface area contributed by atoms with Gasteiger partial charge in [0, 0.05) is 18.5 Å². The Bertz CT molecular complexity index is 1300. The molecule has 2 heterocycles. The monoisotopic (exact) mass is 475 g/mol. The number of aryl methyl sites for hydroxylation is 1. The average molecular weight is 476 g/mol. The maximum absolute atomic E-state index is 12.7. The molecule has 9 nitrogen and oxygen atoms in total. The van der Waals surface area contributed by atoms with Crippen molar-refractivity contribution < 1.29 is 47.5 Å². The van der Waals surface area contributed by atoms with E-state index in [0.717, 1.165) is 54.4 Å². The number of hydrogen-bond donors (Lipinski definition) is 1. The molecule has 2 aliphatic rings. The first-order chi connectivity index (χ1) is 15.4. The van der Waals surface area contributed by atoms with Crippen LogP contribution in [0.4, 0.5) is 10.5 Å². The molecule has 0 saturated heterocycles. The van der Waals surface area contributed by atoms with Crippen molar-refractivity contribution in [1.29, 1.82) is 0 Å². The second-order valence-electron chi connectivity index (χ2n) is 7.93. The maximum atomic E-state index is 12.7. The smallest absolute Gasteiger partial charge is 0.481 e. The SMILES string of the molecule is COc1cc(-c2ccc3c(c2NC(=O)[N-]S(=O)(=O)c2ccn(C4CC4)n2)CCC3)ccn1.[Na+]. The van der Waals surface area contributed by atoms with Crippen molar-refractivity contribution in [2.24, 2.45) is 0 Å². The summed E-state index contributed by atoms with van der Waals surface area (Å²) in [5, 5.41) is 6.59. The van der Waals surface area contributed by atoms with Gasteiger partial charge in [0.2, 0.25) is 15.9 Å². The van der Waals surface area contributed by atoms with E-state index in [-0.39, 0.29) is 40.6 Å². The van der Waals surface area contributed by atoms with Crippen LogP contribution < -0.4 is 39.6 Å². The van der Waals surface area contributed by atoms with Crippen molar-refractivity contribution in [1.82, 2.24) is 14.8 Å². The molecule has 2 amide bonds. The molecule has 0 aliphatic heterocycles. The first-order valence-electron chi connectivity index (χ1n) is 10.4. The summed E-state index contributed by atoms with van der Waals surface area (Å²) >= 11 is 0. The molecule has 1 saturated carbocycles. The number of amides is 2. The topological polar surface area (TPSA) is 117 Å². The van der Waals surface area contributed by atoms with Crippen LogP contribution in [0.15, 0.2) is 47.8 Å². The fraction of sp³-hybridized carbons (Fsp3) is 0.318. The average Bonchev–Trinajstić information content (AvgIpc) is 3.29. The van der Waals surface area contributed by atoms with E-state index in [0.29, 0.717) is 11.6 Å². The molecule has 0 bridgehead atoms. The number of sulfonamides is 1. The number of pyridine rings is 1. The Labute approximate surface area is 214 Å². The summed E-state index contributed by atoms with van der Waals surface area (Å²) in [7, 11) is -2.68. The van der Waals surface area contributed by atoms with E-state index in [9.17, 15) is 13.2 Å². The third-order valence-electron chi connectivity index (χ3n) is 5.74. The van der Waals surface area contributed by atoms with Crippen molar-refractivity contribution in [2.45, 2.75) is 43.2 Å². The number of anilines is 1. The Hall–Kier alpha value is -2.40. The van der Waals surface area contributed by atoms with Crippen LogP contribution in [0.1, 0.15) is 36.4 Å². The van der Waals surface area contributed by atoms with Gasteiger partial charge in [-0.1, -0.05) is 12.1 Å². The molecule has 1 aromatic carbocycles. The number of rotatable bonds is 6. The molecule has 166 valence electrons. The Balaban J connectivity index is 0.00000259. The van der Waals surface area contributed by atoms with E-state index in [2.05, 4.69) is 20.1 Å². The van der Waals surface area contributed by atoms with Crippen LogP contribution in [-0.2, 0) is 22.9 Å². The van der Waals surface area contributed by atoms with Gasteiger partial charge in [0.05, 0.1) is 13.2 Å². The summed E-state index contributed by atoms with van der Waals surface area (Å²) in [6, 6.07) is 8.20. The molecule has 3 aromatic rings. The normalized spacial score (nSPS) is 14.8.